The Morgan fingerprint density at radius 1 is 1.29 bits per heavy atom. The fourth-order valence-electron chi connectivity index (χ4n) is 3.39. The van der Waals surface area contributed by atoms with E-state index < -0.39 is 0 Å². The van der Waals surface area contributed by atoms with Crippen LogP contribution in [0.1, 0.15) is 37.6 Å². The van der Waals surface area contributed by atoms with Gasteiger partial charge in [-0.15, -0.1) is 11.3 Å². The topological polar surface area (TPSA) is 38.9 Å². The first-order valence-corrected chi connectivity index (χ1v) is 8.89. The van der Waals surface area contributed by atoms with Crippen LogP contribution < -0.4 is 5.73 Å². The molecule has 2 nitrogen and oxygen atoms in total. The lowest BCUT2D eigenvalue weighted by molar-refractivity contribution is 0.405. The van der Waals surface area contributed by atoms with Crippen LogP contribution in [-0.2, 0) is 6.42 Å². The summed E-state index contributed by atoms with van der Waals surface area (Å²) in [5, 5.41) is 3.34. The molecule has 1 aliphatic carbocycles. The minimum absolute atomic E-state index is 0.274. The van der Waals surface area contributed by atoms with Gasteiger partial charge in [-0.05, 0) is 24.7 Å². The highest BCUT2D eigenvalue weighted by Gasteiger charge is 2.28. The van der Waals surface area contributed by atoms with Crippen LogP contribution in [0.3, 0.4) is 0 Å². The van der Waals surface area contributed by atoms with Crippen molar-refractivity contribution in [2.75, 3.05) is 0 Å². The molecule has 3 rings (SSSR count). The molecule has 1 aromatic carbocycles. The van der Waals surface area contributed by atoms with Gasteiger partial charge in [0.15, 0.2) is 0 Å². The Hall–Kier alpha value is -1.19. The third kappa shape index (κ3) is 3.53. The lowest BCUT2D eigenvalue weighted by Crippen LogP contribution is -2.30. The molecule has 112 valence electrons. The predicted octanol–water partition coefficient (Wildman–Crippen LogP) is 4.51. The van der Waals surface area contributed by atoms with Crippen LogP contribution in [0.2, 0.25) is 0 Å². The van der Waals surface area contributed by atoms with Crippen LogP contribution in [0, 0.1) is 11.8 Å². The SMILES string of the molecule is CCC1CCC(C(N)Cc2nc(-c3ccccc3)cs2)C1. The van der Waals surface area contributed by atoms with Crippen molar-refractivity contribution < 1.29 is 0 Å². The summed E-state index contributed by atoms with van der Waals surface area (Å²) < 4.78 is 0. The number of nitrogens with two attached hydrogens (primary N) is 1. The number of rotatable bonds is 5. The second kappa shape index (κ2) is 6.71. The van der Waals surface area contributed by atoms with Gasteiger partial charge in [0, 0.05) is 23.4 Å². The van der Waals surface area contributed by atoms with Gasteiger partial charge in [-0.1, -0.05) is 50.1 Å². The first kappa shape index (κ1) is 14.7. The van der Waals surface area contributed by atoms with Gasteiger partial charge in [0.1, 0.15) is 0 Å². The molecular weight excluding hydrogens is 276 g/mol. The smallest absolute Gasteiger partial charge is 0.0948 e. The zero-order valence-corrected chi connectivity index (χ0v) is 13.5. The van der Waals surface area contributed by atoms with Crippen LogP contribution in [0.25, 0.3) is 11.3 Å². The molecule has 1 saturated carbocycles. The Balaban J connectivity index is 1.62. The van der Waals surface area contributed by atoms with E-state index in [1.54, 1.807) is 11.3 Å². The van der Waals surface area contributed by atoms with Crippen molar-refractivity contribution in [2.24, 2.45) is 17.6 Å². The highest BCUT2D eigenvalue weighted by Crippen LogP contribution is 2.35. The molecule has 1 fully saturated rings. The first-order valence-electron chi connectivity index (χ1n) is 8.01. The van der Waals surface area contributed by atoms with E-state index >= 15 is 0 Å². The number of aromatic nitrogens is 1. The number of nitrogens with zero attached hydrogens (tertiary/aromatic N) is 1. The summed E-state index contributed by atoms with van der Waals surface area (Å²) in [7, 11) is 0. The summed E-state index contributed by atoms with van der Waals surface area (Å²) in [6.45, 7) is 2.30. The summed E-state index contributed by atoms with van der Waals surface area (Å²) in [5.74, 6) is 1.59. The van der Waals surface area contributed by atoms with Gasteiger partial charge < -0.3 is 5.73 Å². The van der Waals surface area contributed by atoms with Gasteiger partial charge in [-0.3, -0.25) is 0 Å². The molecule has 2 N–H and O–H groups in total. The van der Waals surface area contributed by atoms with Crippen molar-refractivity contribution in [3.05, 3.63) is 40.7 Å². The zero-order valence-electron chi connectivity index (χ0n) is 12.7. The van der Waals surface area contributed by atoms with E-state index in [1.807, 2.05) is 6.07 Å². The minimum atomic E-state index is 0.274. The summed E-state index contributed by atoms with van der Waals surface area (Å²) in [5.41, 5.74) is 8.72. The van der Waals surface area contributed by atoms with Gasteiger partial charge in [-0.25, -0.2) is 4.98 Å². The molecule has 0 saturated heterocycles. The molecule has 0 amide bonds. The first-order chi connectivity index (χ1) is 10.3. The van der Waals surface area contributed by atoms with Gasteiger partial charge in [-0.2, -0.15) is 0 Å². The van der Waals surface area contributed by atoms with E-state index in [9.17, 15) is 0 Å². The van der Waals surface area contributed by atoms with Crippen LogP contribution in [0.15, 0.2) is 35.7 Å². The molecule has 0 bridgehead atoms. The van der Waals surface area contributed by atoms with Crippen LogP contribution in [0.5, 0.6) is 0 Å². The van der Waals surface area contributed by atoms with Gasteiger partial charge in [0.2, 0.25) is 0 Å². The van der Waals surface area contributed by atoms with Crippen LogP contribution >= 0.6 is 11.3 Å². The normalized spacial score (nSPS) is 23.3. The maximum Gasteiger partial charge on any atom is 0.0948 e. The molecule has 0 radical (unpaired) electrons. The maximum absolute atomic E-state index is 6.44. The molecule has 3 atom stereocenters. The zero-order chi connectivity index (χ0) is 14.7. The van der Waals surface area contributed by atoms with E-state index in [-0.39, 0.29) is 6.04 Å². The van der Waals surface area contributed by atoms with E-state index in [0.29, 0.717) is 5.92 Å². The molecule has 0 aliphatic heterocycles. The number of hydrogen-bond donors (Lipinski definition) is 1. The van der Waals surface area contributed by atoms with Crippen LogP contribution in [-0.4, -0.2) is 11.0 Å². The fourth-order valence-corrected chi connectivity index (χ4v) is 4.26. The molecule has 1 aliphatic rings. The fraction of sp³-hybridized carbons (Fsp3) is 0.500. The maximum atomic E-state index is 6.44. The molecule has 1 heterocycles. The highest BCUT2D eigenvalue weighted by atomic mass is 32.1. The Kier molecular flexibility index (Phi) is 4.71. The number of benzene rings is 1. The van der Waals surface area contributed by atoms with Crippen molar-refractivity contribution in [3.8, 4) is 11.3 Å². The minimum Gasteiger partial charge on any atom is -0.327 e. The van der Waals surface area contributed by atoms with Crippen molar-refractivity contribution in [3.63, 3.8) is 0 Å². The van der Waals surface area contributed by atoms with Gasteiger partial charge in [0.05, 0.1) is 10.7 Å². The van der Waals surface area contributed by atoms with E-state index in [1.165, 1.54) is 36.3 Å². The Labute approximate surface area is 131 Å². The van der Waals surface area contributed by atoms with Crippen molar-refractivity contribution >= 4 is 11.3 Å². The predicted molar refractivity (Wildman–Crippen MR) is 90.4 cm³/mol. The third-order valence-corrected chi connectivity index (χ3v) is 5.67. The lowest BCUT2D eigenvalue weighted by Gasteiger charge is -2.18. The second-order valence-corrected chi connectivity index (χ2v) is 7.15. The second-order valence-electron chi connectivity index (χ2n) is 6.21. The average Bonchev–Trinajstić information content (AvgIpc) is 3.17. The monoisotopic (exact) mass is 300 g/mol. The summed E-state index contributed by atoms with van der Waals surface area (Å²) in [6, 6.07) is 10.7. The Morgan fingerprint density at radius 3 is 2.81 bits per heavy atom. The van der Waals surface area contributed by atoms with Crippen LogP contribution in [0.4, 0.5) is 0 Å². The molecule has 2 aromatic rings. The van der Waals surface area contributed by atoms with Gasteiger partial charge in [0.25, 0.3) is 0 Å². The standard InChI is InChI=1S/C18H24N2S/c1-2-13-8-9-15(10-13)16(19)11-18-20-17(12-21-18)14-6-4-3-5-7-14/h3-7,12-13,15-16H,2,8-11,19H2,1H3. The van der Waals surface area contributed by atoms with E-state index in [2.05, 4.69) is 36.6 Å². The molecule has 1 aromatic heterocycles. The molecule has 0 spiro atoms. The summed E-state index contributed by atoms with van der Waals surface area (Å²) >= 11 is 1.75. The number of thiazole rings is 1. The third-order valence-electron chi connectivity index (χ3n) is 4.80. The Bertz CT molecular complexity index is 564. The summed E-state index contributed by atoms with van der Waals surface area (Å²) in [4.78, 5) is 4.77. The molecule has 3 unspecified atom stereocenters. The Morgan fingerprint density at radius 2 is 2.10 bits per heavy atom. The van der Waals surface area contributed by atoms with E-state index in [0.717, 1.165) is 18.0 Å². The summed E-state index contributed by atoms with van der Waals surface area (Å²) in [6.07, 6.45) is 6.21. The quantitative estimate of drug-likeness (QED) is 0.882. The van der Waals surface area contributed by atoms with Gasteiger partial charge >= 0.3 is 0 Å². The highest BCUT2D eigenvalue weighted by molar-refractivity contribution is 7.09. The molecule has 21 heavy (non-hydrogen) atoms. The average molecular weight is 300 g/mol. The van der Waals surface area contributed by atoms with Crippen molar-refractivity contribution in [2.45, 2.75) is 45.1 Å². The molecular formula is C18H24N2S. The van der Waals surface area contributed by atoms with Crippen molar-refractivity contribution in [1.29, 1.82) is 0 Å². The molecule has 3 heteroatoms. The van der Waals surface area contributed by atoms with E-state index in [4.69, 9.17) is 10.7 Å². The lowest BCUT2D eigenvalue weighted by atomic mass is 9.94. The number of hydrogen-bond acceptors (Lipinski definition) is 3. The largest absolute Gasteiger partial charge is 0.327 e. The van der Waals surface area contributed by atoms with Crippen molar-refractivity contribution in [1.82, 2.24) is 4.98 Å².